The van der Waals surface area contributed by atoms with Crippen molar-refractivity contribution in [2.24, 2.45) is 5.73 Å². The number of carbonyl (C=O) groups is 3. The fourth-order valence-corrected chi connectivity index (χ4v) is 2.33. The topological polar surface area (TPSA) is 122 Å². The van der Waals surface area contributed by atoms with E-state index in [1.165, 1.54) is 4.90 Å². The van der Waals surface area contributed by atoms with Crippen LogP contribution in [0.3, 0.4) is 0 Å². The standard InChI is InChI=1S/C13H23N3O5/c1-13(21-2)6-3-7-16(8-13)12(20)15-9(11(18)19)4-5-10(14)17/h9H,3-8H2,1-2H3,(H2,14,17)(H,15,20)(H,18,19). The van der Waals surface area contributed by atoms with E-state index in [-0.39, 0.29) is 12.8 Å². The van der Waals surface area contributed by atoms with Gasteiger partial charge in [-0.1, -0.05) is 0 Å². The van der Waals surface area contributed by atoms with Gasteiger partial charge in [0, 0.05) is 20.1 Å². The fourth-order valence-electron chi connectivity index (χ4n) is 2.33. The maximum Gasteiger partial charge on any atom is 0.326 e. The second-order valence-electron chi connectivity index (χ2n) is 5.52. The first-order valence-electron chi connectivity index (χ1n) is 6.89. The van der Waals surface area contributed by atoms with Crippen molar-refractivity contribution in [1.82, 2.24) is 10.2 Å². The molecule has 120 valence electrons. The Morgan fingerprint density at radius 3 is 2.67 bits per heavy atom. The Bertz CT molecular complexity index is 415. The molecule has 1 rings (SSSR count). The van der Waals surface area contributed by atoms with Crippen LogP contribution in [0.2, 0.25) is 0 Å². The number of piperidine rings is 1. The molecule has 0 radical (unpaired) electrons. The largest absolute Gasteiger partial charge is 0.480 e. The molecule has 0 bridgehead atoms. The zero-order chi connectivity index (χ0) is 16.0. The minimum absolute atomic E-state index is 0.0220. The number of likely N-dealkylation sites (tertiary alicyclic amines) is 1. The summed E-state index contributed by atoms with van der Waals surface area (Å²) in [5.74, 6) is -1.78. The molecule has 8 nitrogen and oxygen atoms in total. The van der Waals surface area contributed by atoms with Crippen molar-refractivity contribution in [1.29, 1.82) is 0 Å². The number of rotatable bonds is 6. The van der Waals surface area contributed by atoms with Gasteiger partial charge in [0.2, 0.25) is 5.91 Å². The summed E-state index contributed by atoms with van der Waals surface area (Å²) in [6.45, 7) is 2.86. The first kappa shape index (κ1) is 17.2. The molecule has 0 aromatic carbocycles. The quantitative estimate of drug-likeness (QED) is 0.633. The molecule has 2 unspecified atom stereocenters. The molecule has 1 heterocycles. The number of nitrogens with zero attached hydrogens (tertiary/aromatic N) is 1. The number of ether oxygens (including phenoxy) is 1. The number of hydrogen-bond acceptors (Lipinski definition) is 4. The van der Waals surface area contributed by atoms with E-state index < -0.39 is 29.6 Å². The highest BCUT2D eigenvalue weighted by Crippen LogP contribution is 2.23. The summed E-state index contributed by atoms with van der Waals surface area (Å²) in [5, 5.41) is 11.5. The Morgan fingerprint density at radius 2 is 2.14 bits per heavy atom. The number of carboxylic acids is 1. The summed E-state index contributed by atoms with van der Waals surface area (Å²) in [6, 6.07) is -1.59. The van der Waals surface area contributed by atoms with Gasteiger partial charge in [-0.15, -0.1) is 0 Å². The lowest BCUT2D eigenvalue weighted by Gasteiger charge is -2.39. The first-order chi connectivity index (χ1) is 9.77. The number of carbonyl (C=O) groups excluding carboxylic acids is 2. The predicted octanol–water partition coefficient (Wildman–Crippen LogP) is -0.0844. The van der Waals surface area contributed by atoms with Crippen LogP contribution in [0.15, 0.2) is 0 Å². The Morgan fingerprint density at radius 1 is 1.48 bits per heavy atom. The second-order valence-corrected chi connectivity index (χ2v) is 5.52. The molecule has 1 fully saturated rings. The first-order valence-corrected chi connectivity index (χ1v) is 6.89. The van der Waals surface area contributed by atoms with Crippen LogP contribution in [-0.4, -0.2) is 59.8 Å². The van der Waals surface area contributed by atoms with Crippen molar-refractivity contribution in [2.45, 2.75) is 44.2 Å². The van der Waals surface area contributed by atoms with E-state index in [2.05, 4.69) is 5.32 Å². The summed E-state index contributed by atoms with van der Waals surface area (Å²) in [6.07, 6.45) is 1.52. The van der Waals surface area contributed by atoms with Crippen molar-refractivity contribution in [3.05, 3.63) is 0 Å². The number of amides is 3. The van der Waals surface area contributed by atoms with E-state index in [1.54, 1.807) is 7.11 Å². The molecule has 0 aromatic rings. The maximum absolute atomic E-state index is 12.1. The lowest BCUT2D eigenvalue weighted by Crippen LogP contribution is -2.55. The number of aliphatic carboxylic acids is 1. The molecule has 8 heteroatoms. The number of hydrogen-bond donors (Lipinski definition) is 3. The van der Waals surface area contributed by atoms with Gasteiger partial charge in [-0.25, -0.2) is 9.59 Å². The van der Waals surface area contributed by atoms with E-state index in [1.807, 2.05) is 6.92 Å². The third kappa shape index (κ3) is 5.22. The number of methoxy groups -OCH3 is 1. The highest BCUT2D eigenvalue weighted by Gasteiger charge is 2.34. The van der Waals surface area contributed by atoms with Gasteiger partial charge in [0.05, 0.1) is 12.1 Å². The maximum atomic E-state index is 12.1. The number of urea groups is 1. The lowest BCUT2D eigenvalue weighted by atomic mass is 9.95. The molecule has 0 spiro atoms. The van der Waals surface area contributed by atoms with Crippen molar-refractivity contribution >= 4 is 17.9 Å². The van der Waals surface area contributed by atoms with Gasteiger partial charge in [-0.2, -0.15) is 0 Å². The molecular weight excluding hydrogens is 278 g/mol. The van der Waals surface area contributed by atoms with Crippen LogP contribution in [0.25, 0.3) is 0 Å². The summed E-state index contributed by atoms with van der Waals surface area (Å²) >= 11 is 0. The molecule has 1 aliphatic heterocycles. The number of carboxylic acid groups (broad SMARTS) is 1. The molecule has 1 aliphatic rings. The van der Waals surface area contributed by atoms with Crippen LogP contribution in [-0.2, 0) is 14.3 Å². The molecular formula is C13H23N3O5. The minimum atomic E-state index is -1.18. The monoisotopic (exact) mass is 301 g/mol. The SMILES string of the molecule is COC1(C)CCCN(C(=O)NC(CCC(N)=O)C(=O)O)C1. The Kier molecular flexibility index (Phi) is 5.95. The molecule has 3 amide bonds. The van der Waals surface area contributed by atoms with Gasteiger partial charge in [-0.3, -0.25) is 4.79 Å². The van der Waals surface area contributed by atoms with Gasteiger partial charge < -0.3 is 25.8 Å². The van der Waals surface area contributed by atoms with Gasteiger partial charge in [0.15, 0.2) is 0 Å². The summed E-state index contributed by atoms with van der Waals surface area (Å²) in [5.41, 5.74) is 4.58. The Balaban J connectivity index is 2.60. The third-order valence-electron chi connectivity index (χ3n) is 3.71. The van der Waals surface area contributed by atoms with Crippen molar-refractivity contribution < 1.29 is 24.2 Å². The van der Waals surface area contributed by atoms with E-state index >= 15 is 0 Å². The molecule has 4 N–H and O–H groups in total. The van der Waals surface area contributed by atoms with Crippen LogP contribution >= 0.6 is 0 Å². The zero-order valence-electron chi connectivity index (χ0n) is 12.4. The summed E-state index contributed by atoms with van der Waals surface area (Å²) in [4.78, 5) is 35.5. The minimum Gasteiger partial charge on any atom is -0.480 e. The molecule has 2 atom stereocenters. The van der Waals surface area contributed by atoms with Gasteiger partial charge >= 0.3 is 12.0 Å². The van der Waals surface area contributed by atoms with Gasteiger partial charge in [0.1, 0.15) is 6.04 Å². The number of primary amides is 1. The van der Waals surface area contributed by atoms with Crippen molar-refractivity contribution in [3.8, 4) is 0 Å². The summed E-state index contributed by atoms with van der Waals surface area (Å²) < 4.78 is 5.39. The van der Waals surface area contributed by atoms with Gasteiger partial charge in [0.25, 0.3) is 0 Å². The van der Waals surface area contributed by atoms with Crippen molar-refractivity contribution in [3.63, 3.8) is 0 Å². The van der Waals surface area contributed by atoms with E-state index in [4.69, 9.17) is 15.6 Å². The zero-order valence-corrected chi connectivity index (χ0v) is 12.4. The van der Waals surface area contributed by atoms with E-state index in [0.717, 1.165) is 12.8 Å². The molecule has 0 aliphatic carbocycles. The lowest BCUT2D eigenvalue weighted by molar-refractivity contribution is -0.139. The van der Waals surface area contributed by atoms with Crippen LogP contribution in [0, 0.1) is 0 Å². The number of nitrogens with one attached hydrogen (secondary N) is 1. The Labute approximate surface area is 123 Å². The molecule has 0 aromatic heterocycles. The fraction of sp³-hybridized carbons (Fsp3) is 0.769. The Hall–Kier alpha value is -1.83. The predicted molar refractivity (Wildman–Crippen MR) is 74.6 cm³/mol. The van der Waals surface area contributed by atoms with E-state index in [9.17, 15) is 14.4 Å². The van der Waals surface area contributed by atoms with Crippen molar-refractivity contribution in [2.75, 3.05) is 20.2 Å². The average molecular weight is 301 g/mol. The highest BCUT2D eigenvalue weighted by atomic mass is 16.5. The van der Waals surface area contributed by atoms with Gasteiger partial charge in [-0.05, 0) is 26.2 Å². The number of nitrogens with two attached hydrogens (primary N) is 1. The van der Waals surface area contributed by atoms with Crippen LogP contribution in [0.5, 0.6) is 0 Å². The summed E-state index contributed by atoms with van der Waals surface area (Å²) in [7, 11) is 1.59. The normalized spacial score (nSPS) is 23.4. The molecule has 21 heavy (non-hydrogen) atoms. The van der Waals surface area contributed by atoms with Crippen LogP contribution < -0.4 is 11.1 Å². The van der Waals surface area contributed by atoms with Crippen LogP contribution in [0.1, 0.15) is 32.6 Å². The highest BCUT2D eigenvalue weighted by molar-refractivity contribution is 5.83. The van der Waals surface area contributed by atoms with E-state index in [0.29, 0.717) is 13.1 Å². The smallest absolute Gasteiger partial charge is 0.326 e. The van der Waals surface area contributed by atoms with Crippen LogP contribution in [0.4, 0.5) is 4.79 Å². The average Bonchev–Trinajstić information content (AvgIpc) is 2.42. The third-order valence-corrected chi connectivity index (χ3v) is 3.71. The second kappa shape index (κ2) is 7.26. The molecule has 1 saturated heterocycles. The molecule has 0 saturated carbocycles.